The van der Waals surface area contributed by atoms with Gasteiger partial charge in [0.25, 0.3) is 0 Å². The quantitative estimate of drug-likeness (QED) is 0.826. The van der Waals surface area contributed by atoms with Gasteiger partial charge in [-0.3, -0.25) is 0 Å². The Hall–Kier alpha value is -1.60. The number of hydrogen-bond acceptors (Lipinski definition) is 5. The van der Waals surface area contributed by atoms with E-state index in [9.17, 15) is 4.39 Å². The summed E-state index contributed by atoms with van der Waals surface area (Å²) in [5.41, 5.74) is 6.14. The van der Waals surface area contributed by atoms with E-state index in [0.717, 1.165) is 11.0 Å². The first-order chi connectivity index (χ1) is 9.67. The Balaban J connectivity index is 2.13. The molecular weight excluding hydrogens is 279 g/mol. The number of hydrogen-bond donors (Lipinski definition) is 1. The fourth-order valence-electron chi connectivity index (χ4n) is 1.82. The summed E-state index contributed by atoms with van der Waals surface area (Å²) in [7, 11) is 1.45. The van der Waals surface area contributed by atoms with E-state index in [-0.39, 0.29) is 11.6 Å². The number of benzene rings is 1. The van der Waals surface area contributed by atoms with Crippen molar-refractivity contribution in [3.8, 4) is 5.75 Å². The normalized spacial score (nSPS) is 10.8. The van der Waals surface area contributed by atoms with Crippen LogP contribution in [0.25, 0.3) is 0 Å². The zero-order valence-corrected chi connectivity index (χ0v) is 12.3. The van der Waals surface area contributed by atoms with E-state index >= 15 is 0 Å². The minimum Gasteiger partial charge on any atom is -0.494 e. The summed E-state index contributed by atoms with van der Waals surface area (Å²) in [6, 6.07) is 5.11. The van der Waals surface area contributed by atoms with Crippen LogP contribution in [0.2, 0.25) is 0 Å². The minimum atomic E-state index is -0.330. The van der Waals surface area contributed by atoms with Crippen molar-refractivity contribution < 1.29 is 9.13 Å². The van der Waals surface area contributed by atoms with Crippen LogP contribution < -0.4 is 10.5 Å². The molecule has 5 nitrogen and oxygen atoms in total. The third-order valence-corrected chi connectivity index (χ3v) is 3.89. The van der Waals surface area contributed by atoms with Gasteiger partial charge in [-0.25, -0.2) is 4.39 Å². The molecule has 1 aromatic carbocycles. The van der Waals surface area contributed by atoms with Crippen molar-refractivity contribution in [3.05, 3.63) is 35.4 Å². The molecule has 0 aliphatic rings. The predicted octanol–water partition coefficient (Wildman–Crippen LogP) is 1.99. The van der Waals surface area contributed by atoms with Crippen LogP contribution in [0.4, 0.5) is 4.39 Å². The van der Waals surface area contributed by atoms with Crippen LogP contribution in [-0.2, 0) is 12.3 Å². The summed E-state index contributed by atoms with van der Waals surface area (Å²) in [5.74, 6) is 1.20. The van der Waals surface area contributed by atoms with E-state index in [1.165, 1.54) is 18.9 Å². The first-order valence-corrected chi connectivity index (χ1v) is 7.20. The van der Waals surface area contributed by atoms with Crippen LogP contribution in [0.15, 0.2) is 23.4 Å². The van der Waals surface area contributed by atoms with Gasteiger partial charge in [0.15, 0.2) is 16.7 Å². The highest BCUT2D eigenvalue weighted by atomic mass is 32.2. The molecule has 0 amide bonds. The fourth-order valence-corrected chi connectivity index (χ4v) is 2.81. The maximum atomic E-state index is 14.0. The number of aryl methyl sites for hydroxylation is 1. The summed E-state index contributed by atoms with van der Waals surface area (Å²) in [6.45, 7) is 3.04. The number of nitrogens with zero attached hydrogens (tertiary/aromatic N) is 3. The Morgan fingerprint density at radius 2 is 2.20 bits per heavy atom. The van der Waals surface area contributed by atoms with E-state index in [1.807, 2.05) is 11.5 Å². The second-order valence-corrected chi connectivity index (χ2v) is 5.13. The van der Waals surface area contributed by atoms with Crippen molar-refractivity contribution in [3.63, 3.8) is 0 Å². The summed E-state index contributed by atoms with van der Waals surface area (Å²) < 4.78 is 20.9. The zero-order chi connectivity index (χ0) is 14.5. The molecule has 2 rings (SSSR count). The summed E-state index contributed by atoms with van der Waals surface area (Å²) in [6.07, 6.45) is 0. The highest BCUT2D eigenvalue weighted by Crippen LogP contribution is 2.27. The SMILES string of the molecule is COc1cccc(CSc2nnc(C)n2CCN)c1F. The van der Waals surface area contributed by atoms with Crippen LogP contribution in [-0.4, -0.2) is 28.4 Å². The van der Waals surface area contributed by atoms with E-state index in [1.54, 1.807) is 18.2 Å². The van der Waals surface area contributed by atoms with Crippen molar-refractivity contribution in [2.75, 3.05) is 13.7 Å². The molecule has 0 aliphatic heterocycles. The second kappa shape index (κ2) is 6.71. The first-order valence-electron chi connectivity index (χ1n) is 6.21. The molecule has 2 N–H and O–H groups in total. The minimum absolute atomic E-state index is 0.253. The van der Waals surface area contributed by atoms with E-state index in [0.29, 0.717) is 24.4 Å². The molecule has 1 aromatic heterocycles. The molecule has 0 atom stereocenters. The van der Waals surface area contributed by atoms with Gasteiger partial charge in [-0.2, -0.15) is 0 Å². The van der Waals surface area contributed by atoms with Crippen LogP contribution in [0.1, 0.15) is 11.4 Å². The molecule has 0 spiro atoms. The third-order valence-electron chi connectivity index (χ3n) is 2.87. The van der Waals surface area contributed by atoms with Gasteiger partial charge in [-0.1, -0.05) is 23.9 Å². The molecule has 0 radical (unpaired) electrons. The summed E-state index contributed by atoms with van der Waals surface area (Å²) >= 11 is 1.43. The fraction of sp³-hybridized carbons (Fsp3) is 0.385. The number of thioether (sulfide) groups is 1. The Morgan fingerprint density at radius 3 is 2.90 bits per heavy atom. The van der Waals surface area contributed by atoms with Crippen molar-refractivity contribution in [1.29, 1.82) is 0 Å². The molecule has 0 saturated carbocycles. The number of nitrogens with two attached hydrogens (primary N) is 1. The van der Waals surface area contributed by atoms with Crippen LogP contribution in [0.5, 0.6) is 5.75 Å². The number of rotatable bonds is 6. The number of aromatic nitrogens is 3. The predicted molar refractivity (Wildman–Crippen MR) is 76.3 cm³/mol. The Labute approximate surface area is 121 Å². The zero-order valence-electron chi connectivity index (χ0n) is 11.5. The van der Waals surface area contributed by atoms with Gasteiger partial charge in [0.2, 0.25) is 0 Å². The van der Waals surface area contributed by atoms with Crippen molar-refractivity contribution >= 4 is 11.8 Å². The van der Waals surface area contributed by atoms with Gasteiger partial charge in [0, 0.05) is 24.4 Å². The van der Waals surface area contributed by atoms with Gasteiger partial charge >= 0.3 is 0 Å². The van der Waals surface area contributed by atoms with Crippen molar-refractivity contribution in [2.45, 2.75) is 24.4 Å². The Kier molecular flexibility index (Phi) is 4.97. The molecule has 0 aliphatic carbocycles. The van der Waals surface area contributed by atoms with Gasteiger partial charge in [-0.15, -0.1) is 10.2 Å². The van der Waals surface area contributed by atoms with E-state index < -0.39 is 0 Å². The van der Waals surface area contributed by atoms with Crippen LogP contribution in [0, 0.1) is 12.7 Å². The van der Waals surface area contributed by atoms with Crippen LogP contribution in [0.3, 0.4) is 0 Å². The topological polar surface area (TPSA) is 66.0 Å². The lowest BCUT2D eigenvalue weighted by atomic mass is 10.2. The van der Waals surface area contributed by atoms with Crippen LogP contribution >= 0.6 is 11.8 Å². The largest absolute Gasteiger partial charge is 0.494 e. The van der Waals surface area contributed by atoms with Crippen molar-refractivity contribution in [1.82, 2.24) is 14.8 Å². The van der Waals surface area contributed by atoms with Gasteiger partial charge < -0.3 is 15.0 Å². The highest BCUT2D eigenvalue weighted by Gasteiger charge is 2.12. The molecule has 0 unspecified atom stereocenters. The Morgan fingerprint density at radius 1 is 1.40 bits per heavy atom. The molecule has 20 heavy (non-hydrogen) atoms. The number of halogens is 1. The second-order valence-electron chi connectivity index (χ2n) is 4.19. The van der Waals surface area contributed by atoms with Gasteiger partial charge in [0.05, 0.1) is 7.11 Å². The third kappa shape index (κ3) is 3.10. The summed E-state index contributed by atoms with van der Waals surface area (Å²) in [4.78, 5) is 0. The molecule has 0 fully saturated rings. The van der Waals surface area contributed by atoms with E-state index in [2.05, 4.69) is 10.2 Å². The number of methoxy groups -OCH3 is 1. The highest BCUT2D eigenvalue weighted by molar-refractivity contribution is 7.98. The standard InChI is InChI=1S/C13H17FN4OS/c1-9-16-17-13(18(9)7-6-15)20-8-10-4-3-5-11(19-2)12(10)14/h3-5H,6-8,15H2,1-2H3. The average molecular weight is 296 g/mol. The molecule has 1 heterocycles. The maximum absolute atomic E-state index is 14.0. The molecule has 108 valence electrons. The maximum Gasteiger partial charge on any atom is 0.191 e. The number of ether oxygens (including phenoxy) is 1. The molecular formula is C13H17FN4OS. The lowest BCUT2D eigenvalue weighted by Crippen LogP contribution is -2.12. The van der Waals surface area contributed by atoms with Crippen molar-refractivity contribution in [2.24, 2.45) is 5.73 Å². The molecule has 7 heteroatoms. The van der Waals surface area contributed by atoms with Gasteiger partial charge in [-0.05, 0) is 13.0 Å². The Bertz CT molecular complexity index is 588. The average Bonchev–Trinajstić information content (AvgIpc) is 2.79. The molecule has 2 aromatic rings. The smallest absolute Gasteiger partial charge is 0.191 e. The lowest BCUT2D eigenvalue weighted by molar-refractivity contribution is 0.385. The van der Waals surface area contributed by atoms with E-state index in [4.69, 9.17) is 10.5 Å². The van der Waals surface area contributed by atoms with Gasteiger partial charge in [0.1, 0.15) is 5.82 Å². The first kappa shape index (κ1) is 14.8. The lowest BCUT2D eigenvalue weighted by Gasteiger charge is -2.08. The monoisotopic (exact) mass is 296 g/mol. The summed E-state index contributed by atoms with van der Waals surface area (Å²) in [5, 5.41) is 8.86. The molecule has 0 bridgehead atoms. The molecule has 0 saturated heterocycles.